The van der Waals surface area contributed by atoms with Crippen molar-refractivity contribution >= 4 is 5.91 Å². The molecule has 1 rings (SSSR count). The Hall–Kier alpha value is -0.530. The van der Waals surface area contributed by atoms with Crippen molar-refractivity contribution in [2.24, 2.45) is 10.8 Å². The zero-order valence-corrected chi connectivity index (χ0v) is 10.8. The smallest absolute Gasteiger partial charge is 0.220 e. The fourth-order valence-corrected chi connectivity index (χ4v) is 2.32. The molecule has 1 N–H and O–H groups in total. The Morgan fingerprint density at radius 3 is 2.40 bits per heavy atom. The van der Waals surface area contributed by atoms with Gasteiger partial charge >= 0.3 is 0 Å². The Balaban J connectivity index is 2.34. The van der Waals surface area contributed by atoms with Gasteiger partial charge in [0.1, 0.15) is 0 Å². The molecule has 1 atom stereocenters. The van der Waals surface area contributed by atoms with E-state index in [1.165, 1.54) is 6.42 Å². The number of hydrogen-bond acceptors (Lipinski definition) is 1. The highest BCUT2D eigenvalue weighted by molar-refractivity contribution is 5.76. The average Bonchev–Trinajstić information content (AvgIpc) is 2.25. The molecule has 0 aromatic rings. The van der Waals surface area contributed by atoms with Gasteiger partial charge in [-0.25, -0.2) is 0 Å². The second-order valence-corrected chi connectivity index (χ2v) is 6.91. The summed E-state index contributed by atoms with van der Waals surface area (Å²) in [5.41, 5.74) is 0.512. The molecule has 2 heteroatoms. The molecule has 1 unspecified atom stereocenters. The monoisotopic (exact) mass is 211 g/mol. The molecule has 0 heterocycles. The highest BCUT2D eigenvalue weighted by atomic mass is 16.1. The van der Waals surface area contributed by atoms with E-state index in [9.17, 15) is 4.79 Å². The van der Waals surface area contributed by atoms with Gasteiger partial charge in [-0.1, -0.05) is 34.6 Å². The van der Waals surface area contributed by atoms with Gasteiger partial charge in [-0.05, 0) is 30.1 Å². The third-order valence-electron chi connectivity index (χ3n) is 3.02. The van der Waals surface area contributed by atoms with Crippen LogP contribution >= 0.6 is 0 Å². The minimum atomic E-state index is 0.0954. The van der Waals surface area contributed by atoms with Gasteiger partial charge in [0, 0.05) is 12.5 Å². The van der Waals surface area contributed by atoms with Gasteiger partial charge in [-0.3, -0.25) is 4.79 Å². The highest BCUT2D eigenvalue weighted by Crippen LogP contribution is 2.37. The molecular weight excluding hydrogens is 186 g/mol. The number of amides is 1. The molecule has 0 radical (unpaired) electrons. The lowest BCUT2D eigenvalue weighted by molar-refractivity contribution is -0.123. The minimum absolute atomic E-state index is 0.0954. The first-order valence-corrected chi connectivity index (χ1v) is 5.97. The van der Waals surface area contributed by atoms with Crippen LogP contribution in [0.3, 0.4) is 0 Å². The van der Waals surface area contributed by atoms with E-state index in [0.717, 1.165) is 12.8 Å². The quantitative estimate of drug-likeness (QED) is 0.747. The second-order valence-electron chi connectivity index (χ2n) is 6.91. The van der Waals surface area contributed by atoms with E-state index in [2.05, 4.69) is 39.9 Å². The van der Waals surface area contributed by atoms with Crippen LogP contribution in [0.1, 0.15) is 60.3 Å². The van der Waals surface area contributed by atoms with Gasteiger partial charge in [0.2, 0.25) is 5.91 Å². The molecule has 0 spiro atoms. The summed E-state index contributed by atoms with van der Waals surface area (Å²) in [6.45, 7) is 10.9. The van der Waals surface area contributed by atoms with E-state index in [-0.39, 0.29) is 11.3 Å². The summed E-state index contributed by atoms with van der Waals surface area (Å²) in [5.74, 6) is 0.213. The molecule has 0 aliphatic heterocycles. The number of carbonyl (C=O) groups excluding carboxylic acids is 1. The molecule has 0 saturated heterocycles. The Labute approximate surface area is 93.8 Å². The van der Waals surface area contributed by atoms with Crippen molar-refractivity contribution in [2.75, 3.05) is 0 Å². The normalized spacial score (nSPS) is 25.3. The zero-order chi connectivity index (χ0) is 11.7. The lowest BCUT2D eigenvalue weighted by Gasteiger charge is -2.21. The first-order valence-electron chi connectivity index (χ1n) is 5.97. The fourth-order valence-electron chi connectivity index (χ4n) is 2.32. The Bertz CT molecular complexity index is 237. The van der Waals surface area contributed by atoms with Gasteiger partial charge in [0.15, 0.2) is 0 Å². The predicted molar refractivity (Wildman–Crippen MR) is 63.6 cm³/mol. The molecule has 1 aliphatic rings. The Morgan fingerprint density at radius 1 is 1.40 bits per heavy atom. The SMILES string of the molecule is CC(C)(C)CC(=O)NC1CCC(C)(C)C1. The Morgan fingerprint density at radius 2 is 2.00 bits per heavy atom. The van der Waals surface area contributed by atoms with Crippen molar-refractivity contribution in [3.05, 3.63) is 0 Å². The molecule has 0 bridgehead atoms. The molecule has 0 aromatic heterocycles. The lowest BCUT2D eigenvalue weighted by Crippen LogP contribution is -2.35. The number of hydrogen-bond donors (Lipinski definition) is 1. The first kappa shape index (κ1) is 12.5. The molecule has 1 fully saturated rings. The molecular formula is C13H25NO. The molecule has 88 valence electrons. The topological polar surface area (TPSA) is 29.1 Å². The average molecular weight is 211 g/mol. The van der Waals surface area contributed by atoms with Crippen molar-refractivity contribution in [3.63, 3.8) is 0 Å². The van der Waals surface area contributed by atoms with Crippen LogP contribution in [-0.4, -0.2) is 11.9 Å². The summed E-state index contributed by atoms with van der Waals surface area (Å²) in [6, 6.07) is 0.412. The van der Waals surface area contributed by atoms with Crippen molar-refractivity contribution in [1.29, 1.82) is 0 Å². The maximum Gasteiger partial charge on any atom is 0.220 e. The van der Waals surface area contributed by atoms with E-state index in [1.54, 1.807) is 0 Å². The summed E-state index contributed by atoms with van der Waals surface area (Å²) in [5, 5.41) is 3.15. The Kier molecular flexibility index (Phi) is 3.47. The number of rotatable bonds is 2. The van der Waals surface area contributed by atoms with Gasteiger partial charge in [-0.2, -0.15) is 0 Å². The van der Waals surface area contributed by atoms with Crippen molar-refractivity contribution in [1.82, 2.24) is 5.32 Å². The third kappa shape index (κ3) is 4.67. The van der Waals surface area contributed by atoms with Gasteiger partial charge in [-0.15, -0.1) is 0 Å². The van der Waals surface area contributed by atoms with E-state index < -0.39 is 0 Å². The maximum absolute atomic E-state index is 11.7. The van der Waals surface area contributed by atoms with Crippen molar-refractivity contribution in [2.45, 2.75) is 66.3 Å². The first-order chi connectivity index (χ1) is 6.68. The third-order valence-corrected chi connectivity index (χ3v) is 3.02. The molecule has 1 amide bonds. The van der Waals surface area contributed by atoms with Crippen LogP contribution in [0, 0.1) is 10.8 Å². The van der Waals surface area contributed by atoms with E-state index in [0.29, 0.717) is 17.9 Å². The standard InChI is InChI=1S/C13H25NO/c1-12(2,3)9-11(15)14-10-6-7-13(4,5)8-10/h10H,6-9H2,1-5H3,(H,14,15). The molecule has 1 saturated carbocycles. The van der Waals surface area contributed by atoms with Crippen molar-refractivity contribution < 1.29 is 4.79 Å². The highest BCUT2D eigenvalue weighted by Gasteiger charge is 2.32. The van der Waals surface area contributed by atoms with Crippen LogP contribution in [0.15, 0.2) is 0 Å². The van der Waals surface area contributed by atoms with Crippen LogP contribution in [0.4, 0.5) is 0 Å². The lowest BCUT2D eigenvalue weighted by atomic mass is 9.91. The summed E-state index contributed by atoms with van der Waals surface area (Å²) in [6.07, 6.45) is 4.13. The fraction of sp³-hybridized carbons (Fsp3) is 0.923. The number of nitrogens with one attached hydrogen (secondary N) is 1. The van der Waals surface area contributed by atoms with E-state index in [4.69, 9.17) is 0 Å². The van der Waals surface area contributed by atoms with Crippen LogP contribution < -0.4 is 5.32 Å². The van der Waals surface area contributed by atoms with Crippen LogP contribution in [0.2, 0.25) is 0 Å². The molecule has 2 nitrogen and oxygen atoms in total. The number of carbonyl (C=O) groups is 1. The maximum atomic E-state index is 11.7. The summed E-state index contributed by atoms with van der Waals surface area (Å²) in [7, 11) is 0. The van der Waals surface area contributed by atoms with Gasteiger partial charge in [0.25, 0.3) is 0 Å². The summed E-state index contributed by atoms with van der Waals surface area (Å²) < 4.78 is 0. The van der Waals surface area contributed by atoms with Crippen LogP contribution in [0.25, 0.3) is 0 Å². The second kappa shape index (κ2) is 4.15. The minimum Gasteiger partial charge on any atom is -0.353 e. The van der Waals surface area contributed by atoms with E-state index in [1.807, 2.05) is 0 Å². The molecule has 1 aliphatic carbocycles. The van der Waals surface area contributed by atoms with Gasteiger partial charge < -0.3 is 5.32 Å². The molecule has 15 heavy (non-hydrogen) atoms. The van der Waals surface area contributed by atoms with Crippen LogP contribution in [-0.2, 0) is 4.79 Å². The van der Waals surface area contributed by atoms with E-state index >= 15 is 0 Å². The van der Waals surface area contributed by atoms with Gasteiger partial charge in [0.05, 0.1) is 0 Å². The van der Waals surface area contributed by atoms with Crippen molar-refractivity contribution in [3.8, 4) is 0 Å². The zero-order valence-electron chi connectivity index (χ0n) is 10.8. The molecule has 0 aromatic carbocycles. The predicted octanol–water partition coefficient (Wildman–Crippen LogP) is 3.12. The summed E-state index contributed by atoms with van der Waals surface area (Å²) in [4.78, 5) is 11.7. The van der Waals surface area contributed by atoms with Crippen LogP contribution in [0.5, 0.6) is 0 Å². The summed E-state index contributed by atoms with van der Waals surface area (Å²) >= 11 is 0. The largest absolute Gasteiger partial charge is 0.353 e.